The summed E-state index contributed by atoms with van der Waals surface area (Å²) in [4.78, 5) is 7.58. The van der Waals surface area contributed by atoms with Crippen molar-refractivity contribution in [3.63, 3.8) is 0 Å². The van der Waals surface area contributed by atoms with Gasteiger partial charge in [0.25, 0.3) is 0 Å². The third-order valence-electron chi connectivity index (χ3n) is 2.71. The molecule has 0 radical (unpaired) electrons. The predicted molar refractivity (Wildman–Crippen MR) is 65.7 cm³/mol. The SMILES string of the molecule is Cl.Cl.NC1(c2ccc3cc[nH]c3n2)CC1. The molecule has 0 aromatic carbocycles. The number of nitrogens with two attached hydrogens (primary N) is 1. The van der Waals surface area contributed by atoms with Gasteiger partial charge < -0.3 is 10.7 Å². The topological polar surface area (TPSA) is 54.7 Å². The summed E-state index contributed by atoms with van der Waals surface area (Å²) in [5.41, 5.74) is 7.88. The van der Waals surface area contributed by atoms with E-state index in [-0.39, 0.29) is 30.4 Å². The Kier molecular flexibility index (Phi) is 3.28. The van der Waals surface area contributed by atoms with E-state index in [1.54, 1.807) is 0 Å². The molecule has 0 bridgehead atoms. The Morgan fingerprint density at radius 3 is 2.60 bits per heavy atom. The smallest absolute Gasteiger partial charge is 0.137 e. The number of aromatic amines is 1. The average Bonchev–Trinajstić information content (AvgIpc) is 2.74. The lowest BCUT2D eigenvalue weighted by molar-refractivity contribution is 0.711. The van der Waals surface area contributed by atoms with Crippen LogP contribution in [-0.2, 0) is 5.54 Å². The van der Waals surface area contributed by atoms with Crippen molar-refractivity contribution in [2.24, 2.45) is 5.73 Å². The molecule has 3 N–H and O–H groups in total. The summed E-state index contributed by atoms with van der Waals surface area (Å²) in [6.45, 7) is 0. The molecule has 0 saturated heterocycles. The average molecular weight is 246 g/mol. The van der Waals surface area contributed by atoms with Gasteiger partial charge in [-0.1, -0.05) is 0 Å². The van der Waals surface area contributed by atoms with E-state index in [2.05, 4.69) is 16.0 Å². The molecule has 1 saturated carbocycles. The lowest BCUT2D eigenvalue weighted by atomic mass is 10.1. The molecule has 0 unspecified atom stereocenters. The zero-order valence-electron chi connectivity index (χ0n) is 8.06. The molecule has 1 aliphatic rings. The fraction of sp³-hybridized carbons (Fsp3) is 0.300. The van der Waals surface area contributed by atoms with Gasteiger partial charge in [-0.15, -0.1) is 24.8 Å². The third-order valence-corrected chi connectivity index (χ3v) is 2.71. The molecule has 3 nitrogen and oxygen atoms in total. The lowest BCUT2D eigenvalue weighted by Gasteiger charge is -2.06. The van der Waals surface area contributed by atoms with Crippen LogP contribution >= 0.6 is 24.8 Å². The van der Waals surface area contributed by atoms with Gasteiger partial charge in [-0.2, -0.15) is 0 Å². The molecule has 0 spiro atoms. The van der Waals surface area contributed by atoms with Crippen LogP contribution in [0.25, 0.3) is 11.0 Å². The Morgan fingerprint density at radius 1 is 1.20 bits per heavy atom. The van der Waals surface area contributed by atoms with E-state index in [1.165, 1.54) is 0 Å². The Labute approximate surface area is 100 Å². The van der Waals surface area contributed by atoms with Crippen LogP contribution in [0.15, 0.2) is 24.4 Å². The maximum absolute atomic E-state index is 6.05. The van der Waals surface area contributed by atoms with Gasteiger partial charge in [-0.25, -0.2) is 4.98 Å². The number of halogens is 2. The first kappa shape index (κ1) is 12.3. The highest BCUT2D eigenvalue weighted by Crippen LogP contribution is 2.41. The summed E-state index contributed by atoms with van der Waals surface area (Å²) in [6.07, 6.45) is 4.02. The summed E-state index contributed by atoms with van der Waals surface area (Å²) in [5.74, 6) is 0. The van der Waals surface area contributed by atoms with Crippen molar-refractivity contribution in [1.29, 1.82) is 0 Å². The molecule has 15 heavy (non-hydrogen) atoms. The van der Waals surface area contributed by atoms with Crippen LogP contribution in [0.5, 0.6) is 0 Å². The van der Waals surface area contributed by atoms with Crippen LogP contribution in [0.4, 0.5) is 0 Å². The highest BCUT2D eigenvalue weighted by Gasteiger charge is 2.41. The van der Waals surface area contributed by atoms with E-state index in [0.717, 1.165) is 29.6 Å². The Bertz CT molecular complexity index is 462. The van der Waals surface area contributed by atoms with Gasteiger partial charge in [0.15, 0.2) is 0 Å². The van der Waals surface area contributed by atoms with Crippen molar-refractivity contribution in [3.05, 3.63) is 30.1 Å². The molecule has 2 aromatic heterocycles. The van der Waals surface area contributed by atoms with Gasteiger partial charge in [-0.3, -0.25) is 0 Å². The van der Waals surface area contributed by atoms with Gasteiger partial charge >= 0.3 is 0 Å². The maximum Gasteiger partial charge on any atom is 0.137 e. The van der Waals surface area contributed by atoms with Crippen LogP contribution in [-0.4, -0.2) is 9.97 Å². The fourth-order valence-corrected chi connectivity index (χ4v) is 1.60. The molecule has 82 valence electrons. The third kappa shape index (κ3) is 1.95. The minimum absolute atomic E-state index is 0. The van der Waals surface area contributed by atoms with Crippen molar-refractivity contribution in [1.82, 2.24) is 9.97 Å². The van der Waals surface area contributed by atoms with Gasteiger partial charge in [0.05, 0.1) is 11.2 Å². The van der Waals surface area contributed by atoms with Gasteiger partial charge in [0, 0.05) is 11.6 Å². The number of hydrogen-bond acceptors (Lipinski definition) is 2. The monoisotopic (exact) mass is 245 g/mol. The van der Waals surface area contributed by atoms with Crippen LogP contribution in [0, 0.1) is 0 Å². The van der Waals surface area contributed by atoms with E-state index in [9.17, 15) is 0 Å². The van der Waals surface area contributed by atoms with Gasteiger partial charge in [0.1, 0.15) is 5.65 Å². The van der Waals surface area contributed by atoms with Crippen LogP contribution < -0.4 is 5.73 Å². The summed E-state index contributed by atoms with van der Waals surface area (Å²) in [6, 6.07) is 6.12. The number of rotatable bonds is 1. The second-order valence-electron chi connectivity index (χ2n) is 3.77. The molecular formula is C10H13Cl2N3. The molecule has 2 heterocycles. The number of pyridine rings is 1. The van der Waals surface area contributed by atoms with Crippen LogP contribution in [0.3, 0.4) is 0 Å². The number of fused-ring (bicyclic) bond motifs is 1. The quantitative estimate of drug-likeness (QED) is 0.811. The minimum atomic E-state index is -0.126. The molecule has 0 amide bonds. The summed E-state index contributed by atoms with van der Waals surface area (Å²) in [7, 11) is 0. The highest BCUT2D eigenvalue weighted by atomic mass is 35.5. The minimum Gasteiger partial charge on any atom is -0.346 e. The summed E-state index contributed by atoms with van der Waals surface area (Å²) < 4.78 is 0. The molecule has 0 aliphatic heterocycles. The first-order valence-corrected chi connectivity index (χ1v) is 4.51. The standard InChI is InChI=1S/C10H11N3.2ClH/c11-10(4-5-10)8-2-1-7-3-6-12-9(7)13-8;;/h1-3,6H,4-5,11H2,(H,12,13);2*1H. The molecule has 3 rings (SSSR count). The molecule has 5 heteroatoms. The summed E-state index contributed by atoms with van der Waals surface area (Å²) >= 11 is 0. The summed E-state index contributed by atoms with van der Waals surface area (Å²) in [5, 5.41) is 1.15. The number of aromatic nitrogens is 2. The zero-order chi connectivity index (χ0) is 8.89. The Morgan fingerprint density at radius 2 is 1.93 bits per heavy atom. The fourth-order valence-electron chi connectivity index (χ4n) is 1.60. The van der Waals surface area contributed by atoms with Crippen LogP contribution in [0.2, 0.25) is 0 Å². The van der Waals surface area contributed by atoms with Crippen molar-refractivity contribution in [2.75, 3.05) is 0 Å². The maximum atomic E-state index is 6.05. The molecular weight excluding hydrogens is 233 g/mol. The zero-order valence-corrected chi connectivity index (χ0v) is 9.70. The first-order chi connectivity index (χ1) is 6.28. The van der Waals surface area contributed by atoms with E-state index in [0.29, 0.717) is 0 Å². The number of nitrogens with one attached hydrogen (secondary N) is 1. The van der Waals surface area contributed by atoms with Crippen molar-refractivity contribution in [2.45, 2.75) is 18.4 Å². The van der Waals surface area contributed by atoms with E-state index < -0.39 is 0 Å². The number of H-pyrrole nitrogens is 1. The molecule has 2 aromatic rings. The number of hydrogen-bond donors (Lipinski definition) is 2. The van der Waals surface area contributed by atoms with E-state index in [4.69, 9.17) is 5.73 Å². The molecule has 1 fully saturated rings. The lowest BCUT2D eigenvalue weighted by Crippen LogP contribution is -2.20. The van der Waals surface area contributed by atoms with Gasteiger partial charge in [-0.05, 0) is 31.0 Å². The normalized spacial score (nSPS) is 16.6. The molecule has 1 aliphatic carbocycles. The van der Waals surface area contributed by atoms with Crippen molar-refractivity contribution in [3.8, 4) is 0 Å². The van der Waals surface area contributed by atoms with E-state index >= 15 is 0 Å². The largest absolute Gasteiger partial charge is 0.346 e. The van der Waals surface area contributed by atoms with Crippen molar-refractivity contribution >= 4 is 35.8 Å². The second-order valence-corrected chi connectivity index (χ2v) is 3.77. The predicted octanol–water partition coefficient (Wildman–Crippen LogP) is 2.35. The number of nitrogens with zero attached hydrogens (tertiary/aromatic N) is 1. The first-order valence-electron chi connectivity index (χ1n) is 4.51. The van der Waals surface area contributed by atoms with Crippen molar-refractivity contribution < 1.29 is 0 Å². The Balaban J connectivity index is 0.000000562. The van der Waals surface area contributed by atoms with E-state index in [1.807, 2.05) is 18.3 Å². The van der Waals surface area contributed by atoms with Crippen LogP contribution in [0.1, 0.15) is 18.5 Å². The highest BCUT2D eigenvalue weighted by molar-refractivity contribution is 5.85. The Hall–Kier alpha value is -0.770. The molecule has 0 atom stereocenters. The second kappa shape index (κ2) is 4.00. The van der Waals surface area contributed by atoms with Gasteiger partial charge in [0.2, 0.25) is 0 Å².